The molecule has 0 radical (unpaired) electrons. The first kappa shape index (κ1) is 33.6. The third kappa shape index (κ3) is 6.99. The van der Waals surface area contributed by atoms with Crippen LogP contribution >= 0.6 is 0 Å². The van der Waals surface area contributed by atoms with Gasteiger partial charge in [-0.25, -0.2) is 13.6 Å². The molecule has 0 spiro atoms. The molecule has 1 saturated heterocycles. The van der Waals surface area contributed by atoms with E-state index >= 15 is 4.39 Å². The maximum absolute atomic E-state index is 16.2. The molecule has 1 amide bonds. The fraction of sp³-hybridized carbons (Fsp3) is 0.324. The summed E-state index contributed by atoms with van der Waals surface area (Å²) >= 11 is 0. The molecule has 5 rings (SSSR count). The predicted octanol–water partition coefficient (Wildman–Crippen LogP) is 5.42. The summed E-state index contributed by atoms with van der Waals surface area (Å²) < 4.78 is 80.5. The highest BCUT2D eigenvalue weighted by atomic mass is 19.4. The van der Waals surface area contributed by atoms with Gasteiger partial charge in [0.25, 0.3) is 5.56 Å². The first-order valence-electron chi connectivity index (χ1n) is 15.0. The molecule has 1 aliphatic rings. The van der Waals surface area contributed by atoms with Crippen LogP contribution in [0.3, 0.4) is 0 Å². The Morgan fingerprint density at radius 2 is 1.62 bits per heavy atom. The maximum Gasteiger partial charge on any atom is 0.416 e. The first-order valence-corrected chi connectivity index (χ1v) is 15.0. The minimum absolute atomic E-state index is 0.0803. The second-order valence-corrected chi connectivity index (χ2v) is 11.5. The van der Waals surface area contributed by atoms with Crippen LogP contribution in [0.1, 0.15) is 48.2 Å². The molecule has 8 nitrogen and oxygen atoms in total. The molecule has 2 heterocycles. The number of nitrogens with two attached hydrogens (primary N) is 1. The van der Waals surface area contributed by atoms with Crippen molar-refractivity contribution < 1.29 is 31.5 Å². The molecule has 1 atom stereocenters. The highest BCUT2D eigenvalue weighted by Crippen LogP contribution is 2.35. The van der Waals surface area contributed by atoms with E-state index in [0.717, 1.165) is 21.3 Å². The standard InChI is InChI=1S/C34H33F5N4O4/c1-20-30(24-10-6-13-29(31(24)36)47-23-14-16-41(17-15-23)21(2)44)32(45)43(19-28(40)22-8-4-3-5-9-22)33(46)42(20)18-25-26(34(37,38)39)11-7-12-27(25)35/h3-13,23,28H,14-19,40H2,1-2H3. The number of nitrogens with zero attached hydrogens (tertiary/aromatic N) is 3. The second-order valence-electron chi connectivity index (χ2n) is 11.5. The van der Waals surface area contributed by atoms with Gasteiger partial charge in [-0.1, -0.05) is 48.5 Å². The Balaban J connectivity index is 1.64. The van der Waals surface area contributed by atoms with E-state index in [-0.39, 0.29) is 28.5 Å². The third-order valence-corrected chi connectivity index (χ3v) is 8.45. The number of piperidine rings is 1. The minimum atomic E-state index is -4.94. The smallest absolute Gasteiger partial charge is 0.416 e. The number of amides is 1. The van der Waals surface area contributed by atoms with Crippen LogP contribution in [-0.2, 0) is 24.1 Å². The Morgan fingerprint density at radius 1 is 0.957 bits per heavy atom. The number of likely N-dealkylation sites (tertiary alicyclic amines) is 1. The lowest BCUT2D eigenvalue weighted by molar-refractivity contribution is -0.138. The zero-order chi connectivity index (χ0) is 34.0. The molecule has 47 heavy (non-hydrogen) atoms. The van der Waals surface area contributed by atoms with Gasteiger partial charge in [0.1, 0.15) is 11.9 Å². The Bertz CT molecular complexity index is 1900. The summed E-state index contributed by atoms with van der Waals surface area (Å²) in [6, 6.07) is 14.2. The van der Waals surface area contributed by atoms with Crippen LogP contribution in [0.15, 0.2) is 76.3 Å². The zero-order valence-corrected chi connectivity index (χ0v) is 25.7. The van der Waals surface area contributed by atoms with Crippen molar-refractivity contribution in [3.05, 3.63) is 122 Å². The number of alkyl halides is 3. The molecule has 0 bridgehead atoms. The number of halogens is 5. The van der Waals surface area contributed by atoms with Crippen LogP contribution in [0, 0.1) is 18.6 Å². The van der Waals surface area contributed by atoms with Crippen molar-refractivity contribution in [2.45, 2.75) is 58.1 Å². The Kier molecular flexibility index (Phi) is 9.66. The topological polar surface area (TPSA) is 99.6 Å². The fourth-order valence-corrected chi connectivity index (χ4v) is 5.87. The minimum Gasteiger partial charge on any atom is -0.487 e. The maximum atomic E-state index is 16.2. The Labute approximate surface area is 266 Å². The normalized spacial score (nSPS) is 14.7. The largest absolute Gasteiger partial charge is 0.487 e. The molecule has 1 fully saturated rings. The van der Waals surface area contributed by atoms with Crippen molar-refractivity contribution in [1.29, 1.82) is 0 Å². The van der Waals surface area contributed by atoms with Gasteiger partial charge in [0.15, 0.2) is 11.6 Å². The molecular weight excluding hydrogens is 623 g/mol. The Hall–Kier alpha value is -4.78. The molecule has 0 aliphatic carbocycles. The van der Waals surface area contributed by atoms with Crippen LogP contribution in [0.25, 0.3) is 11.1 Å². The van der Waals surface area contributed by atoms with Gasteiger partial charge in [0, 0.05) is 55.7 Å². The van der Waals surface area contributed by atoms with Gasteiger partial charge >= 0.3 is 11.9 Å². The Morgan fingerprint density at radius 3 is 2.26 bits per heavy atom. The summed E-state index contributed by atoms with van der Waals surface area (Å²) in [5, 5.41) is 0. The molecule has 2 N–H and O–H groups in total. The molecule has 248 valence electrons. The lowest BCUT2D eigenvalue weighted by Crippen LogP contribution is -2.44. The lowest BCUT2D eigenvalue weighted by atomic mass is 10.0. The number of benzene rings is 3. The zero-order valence-electron chi connectivity index (χ0n) is 25.7. The number of hydrogen-bond acceptors (Lipinski definition) is 5. The molecule has 13 heteroatoms. The monoisotopic (exact) mass is 656 g/mol. The van der Waals surface area contributed by atoms with Crippen LogP contribution in [-0.4, -0.2) is 39.1 Å². The summed E-state index contributed by atoms with van der Waals surface area (Å²) in [5.41, 5.74) is 2.10. The van der Waals surface area contributed by atoms with E-state index in [1.54, 1.807) is 35.2 Å². The van der Waals surface area contributed by atoms with Gasteiger partial charge in [0.05, 0.1) is 24.2 Å². The van der Waals surface area contributed by atoms with E-state index in [9.17, 15) is 31.9 Å². The van der Waals surface area contributed by atoms with Crippen LogP contribution in [0.5, 0.6) is 5.75 Å². The average Bonchev–Trinajstić information content (AvgIpc) is 3.03. The summed E-state index contributed by atoms with van der Waals surface area (Å²) in [6.45, 7) is 2.30. The lowest BCUT2D eigenvalue weighted by Gasteiger charge is -2.31. The van der Waals surface area contributed by atoms with Gasteiger partial charge in [-0.15, -0.1) is 0 Å². The first-order chi connectivity index (χ1) is 22.3. The van der Waals surface area contributed by atoms with Gasteiger partial charge in [-0.2, -0.15) is 13.2 Å². The summed E-state index contributed by atoms with van der Waals surface area (Å²) in [6.07, 6.45) is -4.48. The number of carbonyl (C=O) groups is 1. The van der Waals surface area contributed by atoms with Crippen molar-refractivity contribution in [2.75, 3.05) is 13.1 Å². The SMILES string of the molecule is CC(=O)N1CCC(Oc2cccc(-c3c(C)n(Cc4c(F)cccc4C(F)(F)F)c(=O)n(CC(N)c4ccccc4)c3=O)c2F)CC1. The van der Waals surface area contributed by atoms with E-state index in [1.807, 2.05) is 0 Å². The molecular formula is C34H33F5N4O4. The van der Waals surface area contributed by atoms with Crippen molar-refractivity contribution in [3.8, 4) is 16.9 Å². The van der Waals surface area contributed by atoms with Crippen LogP contribution in [0.2, 0.25) is 0 Å². The average molecular weight is 657 g/mol. The molecule has 0 saturated carbocycles. The molecule has 1 aliphatic heterocycles. The predicted molar refractivity (Wildman–Crippen MR) is 165 cm³/mol. The van der Waals surface area contributed by atoms with Gasteiger partial charge in [0.2, 0.25) is 5.91 Å². The molecule has 3 aromatic carbocycles. The number of hydrogen-bond donors (Lipinski definition) is 1. The molecule has 4 aromatic rings. The summed E-state index contributed by atoms with van der Waals surface area (Å²) in [5.74, 6) is -2.39. The van der Waals surface area contributed by atoms with E-state index in [4.69, 9.17) is 10.5 Å². The molecule has 1 unspecified atom stereocenters. The van der Waals surface area contributed by atoms with Crippen molar-refractivity contribution in [2.24, 2.45) is 5.73 Å². The van der Waals surface area contributed by atoms with Gasteiger partial charge < -0.3 is 15.4 Å². The number of ether oxygens (including phenoxy) is 1. The number of aromatic nitrogens is 2. The highest BCUT2D eigenvalue weighted by molar-refractivity contribution is 5.73. The van der Waals surface area contributed by atoms with E-state index in [2.05, 4.69) is 0 Å². The highest BCUT2D eigenvalue weighted by Gasteiger charge is 2.35. The van der Waals surface area contributed by atoms with Gasteiger partial charge in [-0.05, 0) is 30.7 Å². The van der Waals surface area contributed by atoms with Crippen molar-refractivity contribution >= 4 is 5.91 Å². The van der Waals surface area contributed by atoms with Gasteiger partial charge in [-0.3, -0.25) is 18.7 Å². The van der Waals surface area contributed by atoms with E-state index < -0.39 is 65.4 Å². The van der Waals surface area contributed by atoms with Crippen molar-refractivity contribution in [1.82, 2.24) is 14.0 Å². The number of carbonyl (C=O) groups excluding carboxylic acids is 1. The number of rotatable bonds is 8. The summed E-state index contributed by atoms with van der Waals surface area (Å²) in [7, 11) is 0. The quantitative estimate of drug-likeness (QED) is 0.256. The summed E-state index contributed by atoms with van der Waals surface area (Å²) in [4.78, 5) is 41.2. The van der Waals surface area contributed by atoms with E-state index in [0.29, 0.717) is 37.6 Å². The second kappa shape index (κ2) is 13.5. The van der Waals surface area contributed by atoms with E-state index in [1.165, 1.54) is 32.0 Å². The molecule has 1 aromatic heterocycles. The third-order valence-electron chi connectivity index (χ3n) is 8.45. The fourth-order valence-electron chi connectivity index (χ4n) is 5.87. The van der Waals surface area contributed by atoms with Crippen LogP contribution in [0.4, 0.5) is 22.0 Å². The van der Waals surface area contributed by atoms with Crippen molar-refractivity contribution in [3.63, 3.8) is 0 Å². The van der Waals surface area contributed by atoms with Crippen LogP contribution < -0.4 is 21.7 Å².